The molecule has 4 rings (SSSR count). The van der Waals surface area contributed by atoms with E-state index in [1.54, 1.807) is 23.8 Å². The Kier molecular flexibility index (Phi) is 3.77. The van der Waals surface area contributed by atoms with E-state index >= 15 is 0 Å². The van der Waals surface area contributed by atoms with Crippen molar-refractivity contribution in [2.45, 2.75) is 37.9 Å². The number of nitrogens with zero attached hydrogens (tertiary/aromatic N) is 3. The number of aromatic amines is 1. The number of H-pyrrole nitrogens is 1. The predicted molar refractivity (Wildman–Crippen MR) is 99.1 cm³/mol. The van der Waals surface area contributed by atoms with Crippen LogP contribution in [0.15, 0.2) is 18.6 Å². The summed E-state index contributed by atoms with van der Waals surface area (Å²) in [4.78, 5) is 11.4. The van der Waals surface area contributed by atoms with E-state index < -0.39 is 30.6 Å². The fourth-order valence-electron chi connectivity index (χ4n) is 3.58. The molecule has 1 aliphatic heterocycles. The first kappa shape index (κ1) is 16.5. The summed E-state index contributed by atoms with van der Waals surface area (Å²) in [5.74, 6) is 5.89. The van der Waals surface area contributed by atoms with Crippen molar-refractivity contribution in [2.24, 2.45) is 0 Å². The van der Waals surface area contributed by atoms with E-state index in [2.05, 4.69) is 33.4 Å². The van der Waals surface area contributed by atoms with Crippen LogP contribution in [0.4, 0.5) is 0 Å². The fraction of sp³-hybridized carbons (Fsp3) is 0.368. The molecule has 0 saturated carbocycles. The first-order valence-corrected chi connectivity index (χ1v) is 8.44. The highest BCUT2D eigenvalue weighted by Crippen LogP contribution is 2.41. The van der Waals surface area contributed by atoms with Crippen molar-refractivity contribution in [1.82, 2.24) is 19.5 Å². The lowest BCUT2D eigenvalue weighted by Gasteiger charge is -2.27. The number of aliphatic hydroxyl groups is 3. The second-order valence-corrected chi connectivity index (χ2v) is 6.78. The maximum Gasteiger partial charge on any atom is 0.167 e. The van der Waals surface area contributed by atoms with Gasteiger partial charge in [-0.3, -0.25) is 0 Å². The molecule has 1 fully saturated rings. The van der Waals surface area contributed by atoms with Gasteiger partial charge in [0.15, 0.2) is 6.23 Å². The van der Waals surface area contributed by atoms with Crippen molar-refractivity contribution >= 4 is 28.6 Å². The third-order valence-electron chi connectivity index (χ3n) is 4.89. The van der Waals surface area contributed by atoms with Gasteiger partial charge in [-0.05, 0) is 19.9 Å². The van der Waals surface area contributed by atoms with Crippen LogP contribution in [0.3, 0.4) is 0 Å². The minimum Gasteiger partial charge on any atom is -0.394 e. The average molecular weight is 370 g/mol. The van der Waals surface area contributed by atoms with E-state index in [0.717, 1.165) is 0 Å². The number of aromatic nitrogens is 4. The molecule has 0 spiro atoms. The molecule has 0 radical (unpaired) electrons. The van der Waals surface area contributed by atoms with Crippen molar-refractivity contribution in [1.29, 1.82) is 0 Å². The van der Waals surface area contributed by atoms with Gasteiger partial charge in [-0.1, -0.05) is 12.5 Å². The number of hydrogen-bond acceptors (Lipinski definition) is 6. The normalized spacial score (nSPS) is 28.3. The van der Waals surface area contributed by atoms with Gasteiger partial charge in [-0.2, -0.15) is 0 Å². The summed E-state index contributed by atoms with van der Waals surface area (Å²) >= 11 is 0. The SMILES string of the molecule is [3H]c1nc2[nH]c(=C)cc(C#CC)c3cn([C@@H]4O[C@H](CO)[C@@H](O)[C@@]4(C)O)c(n1)c23. The lowest BCUT2D eigenvalue weighted by molar-refractivity contribution is -0.0947. The molecule has 0 aromatic carbocycles. The average Bonchev–Trinajstić information content (AvgIpc) is 3.05. The van der Waals surface area contributed by atoms with E-state index in [0.29, 0.717) is 33.0 Å². The molecule has 4 atom stereocenters. The molecule has 1 aliphatic rings. The van der Waals surface area contributed by atoms with E-state index in [1.807, 2.05) is 0 Å². The zero-order chi connectivity index (χ0) is 20.2. The van der Waals surface area contributed by atoms with Crippen LogP contribution in [0, 0.1) is 11.8 Å². The summed E-state index contributed by atoms with van der Waals surface area (Å²) in [6, 6.07) is 1.76. The second-order valence-electron chi connectivity index (χ2n) is 6.78. The monoisotopic (exact) mass is 370 g/mol. The molecule has 4 heterocycles. The number of hydrogen-bond donors (Lipinski definition) is 4. The van der Waals surface area contributed by atoms with Gasteiger partial charge >= 0.3 is 0 Å². The van der Waals surface area contributed by atoms with Crippen LogP contribution >= 0.6 is 0 Å². The zero-order valence-corrected chi connectivity index (χ0v) is 14.9. The van der Waals surface area contributed by atoms with Crippen LogP contribution in [-0.2, 0) is 4.74 Å². The van der Waals surface area contributed by atoms with Gasteiger partial charge in [0.05, 0.1) is 12.0 Å². The van der Waals surface area contributed by atoms with Gasteiger partial charge in [0.25, 0.3) is 0 Å². The zero-order valence-electron chi connectivity index (χ0n) is 15.9. The molecular formula is C19H20N4O4. The summed E-state index contributed by atoms with van der Waals surface area (Å²) in [5.41, 5.74) is -0.284. The maximum absolute atomic E-state index is 10.9. The van der Waals surface area contributed by atoms with Crippen LogP contribution in [0.1, 0.15) is 27.0 Å². The molecule has 3 aromatic rings. The van der Waals surface area contributed by atoms with Crippen LogP contribution < -0.4 is 5.35 Å². The van der Waals surface area contributed by atoms with Crippen LogP contribution in [0.2, 0.25) is 0 Å². The standard InChI is InChI=1S/C19H20N4O4/c1-4-5-11-6-10(2)22-16-14-12(11)7-23(17(14)21-9-20-16)18-19(3,26)15(25)13(8-24)27-18/h6-7,9,13,15,18,24-26H,2,8H2,1,3H3,(H,20,21,22)/t13-,15-,18-,19-/m1/s1/i9T. The molecule has 8 heteroatoms. The molecule has 3 aromatic heterocycles. The number of ether oxygens (including phenoxy) is 1. The smallest absolute Gasteiger partial charge is 0.167 e. The van der Waals surface area contributed by atoms with E-state index in [9.17, 15) is 15.3 Å². The molecule has 4 N–H and O–H groups in total. The fourth-order valence-corrected chi connectivity index (χ4v) is 3.58. The molecule has 0 amide bonds. The Labute approximate surface area is 156 Å². The van der Waals surface area contributed by atoms with Gasteiger partial charge in [0.1, 0.15) is 36.8 Å². The summed E-state index contributed by atoms with van der Waals surface area (Å²) in [7, 11) is 0. The quantitative estimate of drug-likeness (QED) is 0.471. The highest BCUT2D eigenvalue weighted by Gasteiger charge is 2.53. The van der Waals surface area contributed by atoms with Gasteiger partial charge in [0.2, 0.25) is 0 Å². The molecule has 8 nitrogen and oxygen atoms in total. The van der Waals surface area contributed by atoms with Gasteiger partial charge < -0.3 is 29.6 Å². The Hall–Kier alpha value is -2.70. The van der Waals surface area contributed by atoms with E-state index in [1.165, 1.54) is 6.92 Å². The Bertz CT molecular complexity index is 1200. The van der Waals surface area contributed by atoms with Crippen molar-refractivity contribution in [3.05, 3.63) is 29.5 Å². The number of aliphatic hydroxyl groups excluding tert-OH is 2. The van der Waals surface area contributed by atoms with Gasteiger partial charge in [-0.15, -0.1) is 5.92 Å². The largest absolute Gasteiger partial charge is 0.394 e. The molecule has 0 aliphatic carbocycles. The summed E-state index contributed by atoms with van der Waals surface area (Å²) in [6.07, 6.45) is -1.80. The Balaban J connectivity index is 2.10. The van der Waals surface area contributed by atoms with Gasteiger partial charge in [0, 0.05) is 22.5 Å². The summed E-state index contributed by atoms with van der Waals surface area (Å²) < 4.78 is 15.2. The third kappa shape index (κ3) is 2.56. The third-order valence-corrected chi connectivity index (χ3v) is 4.89. The highest BCUT2D eigenvalue weighted by molar-refractivity contribution is 6.06. The number of nitrogens with one attached hydrogen (secondary N) is 1. The molecule has 0 unspecified atom stereocenters. The van der Waals surface area contributed by atoms with Crippen molar-refractivity contribution in [3.63, 3.8) is 0 Å². The lowest BCUT2D eigenvalue weighted by atomic mass is 9.96. The Morgan fingerprint density at radius 3 is 2.96 bits per heavy atom. The second kappa shape index (κ2) is 6.18. The Morgan fingerprint density at radius 2 is 2.30 bits per heavy atom. The first-order valence-electron chi connectivity index (χ1n) is 8.94. The summed E-state index contributed by atoms with van der Waals surface area (Å²) in [6.45, 7) is 6.63. The first-order chi connectivity index (χ1) is 13.3. The maximum atomic E-state index is 10.9. The minimum absolute atomic E-state index is 0.226. The molecule has 27 heavy (non-hydrogen) atoms. The van der Waals surface area contributed by atoms with Crippen LogP contribution in [-0.4, -0.2) is 59.3 Å². The van der Waals surface area contributed by atoms with Crippen molar-refractivity contribution in [3.8, 4) is 11.8 Å². The molecular weight excluding hydrogens is 348 g/mol. The molecule has 0 bridgehead atoms. The van der Waals surface area contributed by atoms with Crippen LogP contribution in [0.25, 0.3) is 28.6 Å². The van der Waals surface area contributed by atoms with E-state index in [-0.39, 0.29) is 6.30 Å². The molecule has 1 saturated heterocycles. The van der Waals surface area contributed by atoms with Gasteiger partial charge in [-0.25, -0.2) is 9.97 Å². The highest BCUT2D eigenvalue weighted by atomic mass is 16.6. The van der Waals surface area contributed by atoms with Crippen molar-refractivity contribution < 1.29 is 21.4 Å². The predicted octanol–water partition coefficient (Wildman–Crippen LogP) is -0.0230. The van der Waals surface area contributed by atoms with E-state index in [4.69, 9.17) is 6.11 Å². The van der Waals surface area contributed by atoms with Crippen LogP contribution in [0.5, 0.6) is 0 Å². The summed E-state index contributed by atoms with van der Waals surface area (Å²) in [5, 5.41) is 32.5. The van der Waals surface area contributed by atoms with Crippen molar-refractivity contribution in [2.75, 3.05) is 6.61 Å². The molecule has 140 valence electrons. The lowest BCUT2D eigenvalue weighted by Crippen LogP contribution is -2.44. The minimum atomic E-state index is -1.69. The number of rotatable bonds is 2. The Morgan fingerprint density at radius 1 is 1.52 bits per heavy atom. The topological polar surface area (TPSA) is 116 Å².